The van der Waals surface area contributed by atoms with E-state index in [4.69, 9.17) is 4.74 Å². The second-order valence-electron chi connectivity index (χ2n) is 4.39. The molecule has 1 heterocycles. The molecule has 3 nitrogen and oxygen atoms in total. The highest BCUT2D eigenvalue weighted by Crippen LogP contribution is 2.23. The number of phenols is 1. The van der Waals surface area contributed by atoms with Gasteiger partial charge in [-0.1, -0.05) is 6.07 Å². The monoisotopic (exact) mass is 221 g/mol. The smallest absolute Gasteiger partial charge is 0.120 e. The van der Waals surface area contributed by atoms with Crippen molar-refractivity contribution in [1.82, 2.24) is 0 Å². The summed E-state index contributed by atoms with van der Waals surface area (Å²) in [6.07, 6.45) is 3.28. The Kier molecular flexibility index (Phi) is 3.67. The van der Waals surface area contributed by atoms with Crippen molar-refractivity contribution in [2.45, 2.75) is 32.2 Å². The number of rotatable bonds is 2. The molecule has 1 fully saturated rings. The largest absolute Gasteiger partial charge is 0.508 e. The Morgan fingerprint density at radius 2 is 2.19 bits per heavy atom. The molecule has 1 aliphatic heterocycles. The number of aryl methyl sites for hydroxylation is 1. The summed E-state index contributed by atoms with van der Waals surface area (Å²) in [5, 5.41) is 13.1. The normalized spacial score (nSPS) is 21.4. The van der Waals surface area contributed by atoms with Crippen molar-refractivity contribution >= 4 is 5.69 Å². The van der Waals surface area contributed by atoms with Gasteiger partial charge in [-0.3, -0.25) is 0 Å². The van der Waals surface area contributed by atoms with Gasteiger partial charge in [-0.2, -0.15) is 0 Å². The Labute approximate surface area is 96.4 Å². The van der Waals surface area contributed by atoms with Crippen LogP contribution in [0.25, 0.3) is 0 Å². The topological polar surface area (TPSA) is 41.5 Å². The molecule has 0 saturated carbocycles. The van der Waals surface area contributed by atoms with Crippen LogP contribution in [0.2, 0.25) is 0 Å². The van der Waals surface area contributed by atoms with E-state index < -0.39 is 0 Å². The molecule has 0 spiro atoms. The molecule has 3 heteroatoms. The third-order valence-corrected chi connectivity index (χ3v) is 3.03. The van der Waals surface area contributed by atoms with Gasteiger partial charge in [-0.15, -0.1) is 0 Å². The molecule has 0 aliphatic carbocycles. The van der Waals surface area contributed by atoms with Crippen LogP contribution in [-0.2, 0) is 4.74 Å². The summed E-state index contributed by atoms with van der Waals surface area (Å²) >= 11 is 0. The molecule has 1 aromatic carbocycles. The minimum atomic E-state index is 0.356. The lowest BCUT2D eigenvalue weighted by atomic mass is 10.1. The number of phenolic OH excluding ortho intramolecular Hbond substituents is 1. The van der Waals surface area contributed by atoms with E-state index in [0.717, 1.165) is 43.7 Å². The Morgan fingerprint density at radius 3 is 3.00 bits per heavy atom. The van der Waals surface area contributed by atoms with E-state index in [2.05, 4.69) is 5.32 Å². The van der Waals surface area contributed by atoms with Crippen LogP contribution in [0.5, 0.6) is 5.75 Å². The molecule has 0 aromatic heterocycles. The molecule has 16 heavy (non-hydrogen) atoms. The van der Waals surface area contributed by atoms with Crippen molar-refractivity contribution in [2.75, 3.05) is 18.5 Å². The first-order chi connectivity index (χ1) is 7.75. The molecule has 2 rings (SSSR count). The standard InChI is InChI=1S/C13H19NO2/c1-10-4-5-12(9-13(10)15)14-11-3-2-7-16-8-6-11/h4-5,9,11,14-15H,2-3,6-8H2,1H3. The van der Waals surface area contributed by atoms with E-state index in [9.17, 15) is 5.11 Å². The van der Waals surface area contributed by atoms with Crippen molar-refractivity contribution in [2.24, 2.45) is 0 Å². The number of hydrogen-bond donors (Lipinski definition) is 2. The first-order valence-corrected chi connectivity index (χ1v) is 5.89. The van der Waals surface area contributed by atoms with Gasteiger partial charge < -0.3 is 15.2 Å². The summed E-state index contributed by atoms with van der Waals surface area (Å²) in [6.45, 7) is 3.60. The minimum Gasteiger partial charge on any atom is -0.508 e. The number of aromatic hydroxyl groups is 1. The predicted octanol–water partition coefficient (Wildman–Crippen LogP) is 2.68. The average molecular weight is 221 g/mol. The van der Waals surface area contributed by atoms with Gasteiger partial charge in [0.1, 0.15) is 5.75 Å². The van der Waals surface area contributed by atoms with Crippen molar-refractivity contribution in [3.63, 3.8) is 0 Å². The maximum Gasteiger partial charge on any atom is 0.120 e. The molecule has 0 radical (unpaired) electrons. The highest BCUT2D eigenvalue weighted by Gasteiger charge is 2.12. The number of nitrogens with one attached hydrogen (secondary N) is 1. The van der Waals surface area contributed by atoms with Gasteiger partial charge in [-0.05, 0) is 37.8 Å². The van der Waals surface area contributed by atoms with Gasteiger partial charge in [0.05, 0.1) is 0 Å². The molecule has 1 aliphatic rings. The summed E-state index contributed by atoms with van der Waals surface area (Å²) < 4.78 is 5.42. The summed E-state index contributed by atoms with van der Waals surface area (Å²) in [6, 6.07) is 6.21. The van der Waals surface area contributed by atoms with E-state index in [-0.39, 0.29) is 0 Å². The van der Waals surface area contributed by atoms with Crippen LogP contribution >= 0.6 is 0 Å². The maximum atomic E-state index is 9.62. The highest BCUT2D eigenvalue weighted by molar-refractivity contribution is 5.51. The maximum absolute atomic E-state index is 9.62. The molecule has 2 N–H and O–H groups in total. The fraction of sp³-hybridized carbons (Fsp3) is 0.538. The third-order valence-electron chi connectivity index (χ3n) is 3.03. The average Bonchev–Trinajstić information content (AvgIpc) is 2.52. The van der Waals surface area contributed by atoms with E-state index in [1.165, 1.54) is 0 Å². The Hall–Kier alpha value is -1.22. The van der Waals surface area contributed by atoms with Crippen molar-refractivity contribution in [3.05, 3.63) is 23.8 Å². The predicted molar refractivity (Wildman–Crippen MR) is 64.9 cm³/mol. The van der Waals surface area contributed by atoms with Crippen LogP contribution in [-0.4, -0.2) is 24.4 Å². The fourth-order valence-corrected chi connectivity index (χ4v) is 1.98. The molecule has 88 valence electrons. The molecule has 0 amide bonds. The Balaban J connectivity index is 1.99. The first-order valence-electron chi connectivity index (χ1n) is 5.89. The van der Waals surface area contributed by atoms with Crippen LogP contribution in [0.1, 0.15) is 24.8 Å². The quantitative estimate of drug-likeness (QED) is 0.806. The zero-order valence-corrected chi connectivity index (χ0v) is 9.70. The van der Waals surface area contributed by atoms with Gasteiger partial charge in [-0.25, -0.2) is 0 Å². The highest BCUT2D eigenvalue weighted by atomic mass is 16.5. The van der Waals surface area contributed by atoms with Gasteiger partial charge in [0, 0.05) is 31.0 Å². The van der Waals surface area contributed by atoms with E-state index in [1.54, 1.807) is 6.07 Å². The number of anilines is 1. The number of benzene rings is 1. The second kappa shape index (κ2) is 5.21. The lowest BCUT2D eigenvalue weighted by Gasteiger charge is -2.17. The zero-order chi connectivity index (χ0) is 11.4. The summed E-state index contributed by atoms with van der Waals surface area (Å²) in [7, 11) is 0. The van der Waals surface area contributed by atoms with Gasteiger partial charge in [0.25, 0.3) is 0 Å². The van der Waals surface area contributed by atoms with Crippen LogP contribution in [0, 0.1) is 6.92 Å². The van der Waals surface area contributed by atoms with E-state index >= 15 is 0 Å². The lowest BCUT2D eigenvalue weighted by molar-refractivity contribution is 0.144. The molecular weight excluding hydrogens is 202 g/mol. The van der Waals surface area contributed by atoms with Crippen LogP contribution < -0.4 is 5.32 Å². The summed E-state index contributed by atoms with van der Waals surface area (Å²) in [5.74, 6) is 0.356. The van der Waals surface area contributed by atoms with Crippen LogP contribution in [0.15, 0.2) is 18.2 Å². The van der Waals surface area contributed by atoms with Crippen LogP contribution in [0.4, 0.5) is 5.69 Å². The van der Waals surface area contributed by atoms with Gasteiger partial charge in [0.2, 0.25) is 0 Å². The fourth-order valence-electron chi connectivity index (χ4n) is 1.98. The summed E-state index contributed by atoms with van der Waals surface area (Å²) in [5.41, 5.74) is 1.91. The Morgan fingerprint density at radius 1 is 1.31 bits per heavy atom. The molecule has 1 unspecified atom stereocenters. The molecular formula is C13H19NO2. The molecule has 0 bridgehead atoms. The zero-order valence-electron chi connectivity index (χ0n) is 9.70. The SMILES string of the molecule is Cc1ccc(NC2CCCOCC2)cc1O. The third kappa shape index (κ3) is 2.89. The van der Waals surface area contributed by atoms with E-state index in [0.29, 0.717) is 11.8 Å². The number of ether oxygens (including phenoxy) is 1. The Bertz CT molecular complexity index is 344. The first kappa shape index (κ1) is 11.3. The molecule has 1 atom stereocenters. The van der Waals surface area contributed by atoms with Crippen molar-refractivity contribution in [1.29, 1.82) is 0 Å². The van der Waals surface area contributed by atoms with Gasteiger partial charge in [0.15, 0.2) is 0 Å². The van der Waals surface area contributed by atoms with E-state index in [1.807, 2.05) is 19.1 Å². The summed E-state index contributed by atoms with van der Waals surface area (Å²) in [4.78, 5) is 0. The lowest BCUT2D eigenvalue weighted by Crippen LogP contribution is -2.19. The van der Waals surface area contributed by atoms with Crippen molar-refractivity contribution in [3.8, 4) is 5.75 Å². The van der Waals surface area contributed by atoms with Gasteiger partial charge >= 0.3 is 0 Å². The number of hydrogen-bond acceptors (Lipinski definition) is 3. The second-order valence-corrected chi connectivity index (χ2v) is 4.39. The van der Waals surface area contributed by atoms with Crippen LogP contribution in [0.3, 0.4) is 0 Å². The minimum absolute atomic E-state index is 0.356. The molecule has 1 saturated heterocycles. The molecule has 1 aromatic rings. The van der Waals surface area contributed by atoms with Crippen molar-refractivity contribution < 1.29 is 9.84 Å².